The Bertz CT molecular complexity index is 1320. The van der Waals surface area contributed by atoms with Crippen molar-refractivity contribution in [3.05, 3.63) is 113 Å². The Morgan fingerprint density at radius 3 is 0.909 bits per heavy atom. The summed E-state index contributed by atoms with van der Waals surface area (Å²) >= 11 is 0. The van der Waals surface area contributed by atoms with Crippen molar-refractivity contribution in [2.75, 3.05) is 0 Å². The number of rotatable bonds is 0. The molecular weight excluding hydrogens is 470 g/mol. The summed E-state index contributed by atoms with van der Waals surface area (Å²) in [6.07, 6.45) is 7.21. The Morgan fingerprint density at radius 2 is 0.697 bits per heavy atom. The SMILES string of the molecule is O=[N+]([O-])[O-].[Cu+].c1cnc2c(c1)ccc1cccnc12.c1cnc2c(c1)ccc1cccnc12. The fourth-order valence-corrected chi connectivity index (χ4v) is 3.36. The zero-order valence-electron chi connectivity index (χ0n) is 17.0. The Morgan fingerprint density at radius 1 is 0.485 bits per heavy atom. The second-order valence-electron chi connectivity index (χ2n) is 6.66. The van der Waals surface area contributed by atoms with Gasteiger partial charge in [0.15, 0.2) is 0 Å². The van der Waals surface area contributed by atoms with Gasteiger partial charge in [-0.2, -0.15) is 0 Å². The van der Waals surface area contributed by atoms with Gasteiger partial charge in [-0.3, -0.25) is 19.9 Å². The van der Waals surface area contributed by atoms with Gasteiger partial charge in [-0.05, 0) is 24.3 Å². The minimum Gasteiger partial charge on any atom is -0.356 e. The molecule has 0 N–H and O–H groups in total. The van der Waals surface area contributed by atoms with E-state index in [4.69, 9.17) is 15.3 Å². The monoisotopic (exact) mass is 485 g/mol. The van der Waals surface area contributed by atoms with E-state index in [9.17, 15) is 0 Å². The van der Waals surface area contributed by atoms with Crippen LogP contribution in [0.15, 0.2) is 97.6 Å². The van der Waals surface area contributed by atoms with E-state index >= 15 is 0 Å². The minimum atomic E-state index is -1.75. The van der Waals surface area contributed by atoms with E-state index in [1.807, 2.05) is 24.3 Å². The molecule has 0 saturated carbocycles. The number of hydrogen-bond donors (Lipinski definition) is 0. The first kappa shape index (κ1) is 23.5. The van der Waals surface area contributed by atoms with Crippen molar-refractivity contribution < 1.29 is 22.2 Å². The Kier molecular flexibility index (Phi) is 7.75. The summed E-state index contributed by atoms with van der Waals surface area (Å²) < 4.78 is 0. The van der Waals surface area contributed by atoms with Crippen molar-refractivity contribution in [1.29, 1.82) is 0 Å². The van der Waals surface area contributed by atoms with Crippen LogP contribution in [0.2, 0.25) is 0 Å². The first-order valence-electron chi connectivity index (χ1n) is 9.62. The van der Waals surface area contributed by atoms with Crippen molar-refractivity contribution in [2.45, 2.75) is 0 Å². The van der Waals surface area contributed by atoms with E-state index in [-0.39, 0.29) is 17.1 Å². The molecule has 4 heterocycles. The Balaban J connectivity index is 0.000000156. The van der Waals surface area contributed by atoms with Crippen molar-refractivity contribution in [2.24, 2.45) is 0 Å². The maximum absolute atomic E-state index is 8.25. The summed E-state index contributed by atoms with van der Waals surface area (Å²) in [7, 11) is 0. The molecule has 166 valence electrons. The predicted octanol–water partition coefficient (Wildman–Crippen LogP) is 5.32. The van der Waals surface area contributed by atoms with Gasteiger partial charge in [-0.15, -0.1) is 0 Å². The molecule has 0 fully saturated rings. The van der Waals surface area contributed by atoms with Gasteiger partial charge in [0, 0.05) is 46.3 Å². The normalized spacial score (nSPS) is 9.94. The van der Waals surface area contributed by atoms with E-state index in [1.165, 1.54) is 0 Å². The van der Waals surface area contributed by atoms with Crippen molar-refractivity contribution in [1.82, 2.24) is 19.9 Å². The van der Waals surface area contributed by atoms with Gasteiger partial charge in [0.05, 0.1) is 27.2 Å². The number of pyridine rings is 4. The fourth-order valence-electron chi connectivity index (χ4n) is 3.36. The second-order valence-corrected chi connectivity index (χ2v) is 6.66. The summed E-state index contributed by atoms with van der Waals surface area (Å²) in [5.41, 5.74) is 3.91. The third-order valence-electron chi connectivity index (χ3n) is 4.69. The molecule has 0 aliphatic carbocycles. The molecule has 0 unspecified atom stereocenters. The van der Waals surface area contributed by atoms with Crippen LogP contribution in [0.4, 0.5) is 0 Å². The van der Waals surface area contributed by atoms with Gasteiger partial charge in [0.25, 0.3) is 0 Å². The zero-order chi connectivity index (χ0) is 22.3. The number of hydrogen-bond acceptors (Lipinski definition) is 7. The van der Waals surface area contributed by atoms with Gasteiger partial charge in [-0.1, -0.05) is 48.5 Å². The zero-order valence-corrected chi connectivity index (χ0v) is 17.9. The van der Waals surface area contributed by atoms with Crippen LogP contribution in [0, 0.1) is 15.3 Å². The maximum Gasteiger partial charge on any atom is 1.00 e. The largest absolute Gasteiger partial charge is 1.00 e. The average Bonchev–Trinajstić information content (AvgIpc) is 2.84. The van der Waals surface area contributed by atoms with Crippen LogP contribution in [0.1, 0.15) is 0 Å². The molecule has 2 aromatic carbocycles. The van der Waals surface area contributed by atoms with Crippen LogP contribution in [0.5, 0.6) is 0 Å². The van der Waals surface area contributed by atoms with E-state index < -0.39 is 5.09 Å². The van der Waals surface area contributed by atoms with Gasteiger partial charge in [-0.25, -0.2) is 0 Å². The molecule has 8 nitrogen and oxygen atoms in total. The molecule has 0 aliphatic rings. The van der Waals surface area contributed by atoms with E-state index in [1.54, 1.807) is 24.8 Å². The van der Waals surface area contributed by atoms with Crippen LogP contribution >= 0.6 is 0 Å². The minimum absolute atomic E-state index is 0. The molecule has 0 saturated heterocycles. The molecule has 6 rings (SSSR count). The maximum atomic E-state index is 8.25. The van der Waals surface area contributed by atoms with Crippen LogP contribution in [-0.2, 0) is 17.1 Å². The topological polar surface area (TPSA) is 118 Å². The van der Waals surface area contributed by atoms with E-state index in [0.717, 1.165) is 43.6 Å². The quantitative estimate of drug-likeness (QED) is 0.123. The van der Waals surface area contributed by atoms with Gasteiger partial charge in [0.1, 0.15) is 0 Å². The van der Waals surface area contributed by atoms with Crippen molar-refractivity contribution in [3.63, 3.8) is 0 Å². The number of fused-ring (bicyclic) bond motifs is 6. The molecular formula is C24H16CuN5O3. The van der Waals surface area contributed by atoms with Gasteiger partial charge < -0.3 is 15.3 Å². The molecule has 0 radical (unpaired) electrons. The van der Waals surface area contributed by atoms with E-state index in [2.05, 4.69) is 68.5 Å². The first-order valence-corrected chi connectivity index (χ1v) is 9.62. The molecule has 0 bridgehead atoms. The molecule has 0 aliphatic heterocycles. The molecule has 33 heavy (non-hydrogen) atoms. The molecule has 0 spiro atoms. The van der Waals surface area contributed by atoms with Crippen LogP contribution in [0.3, 0.4) is 0 Å². The summed E-state index contributed by atoms with van der Waals surface area (Å²) in [6, 6.07) is 24.3. The van der Waals surface area contributed by atoms with Crippen molar-refractivity contribution in [3.8, 4) is 0 Å². The standard InChI is InChI=1S/2C12H8N2.Cu.NO3/c2*1-3-9-5-6-10-4-2-8-14-12(10)11(9)13-7-1;;2-1(3)4/h2*1-8H;;/q;;+1;-1. The third-order valence-corrected chi connectivity index (χ3v) is 4.69. The van der Waals surface area contributed by atoms with Gasteiger partial charge in [0.2, 0.25) is 0 Å². The molecule has 6 aromatic rings. The van der Waals surface area contributed by atoms with Crippen LogP contribution in [0.25, 0.3) is 43.6 Å². The Labute approximate surface area is 198 Å². The predicted molar refractivity (Wildman–Crippen MR) is 124 cm³/mol. The summed E-state index contributed by atoms with van der Waals surface area (Å²) in [5, 5.41) is 19.3. The molecule has 9 heteroatoms. The average molecular weight is 486 g/mol. The van der Waals surface area contributed by atoms with Gasteiger partial charge >= 0.3 is 17.1 Å². The number of benzene rings is 2. The van der Waals surface area contributed by atoms with Crippen LogP contribution < -0.4 is 0 Å². The molecule has 4 aromatic heterocycles. The summed E-state index contributed by atoms with van der Waals surface area (Å²) in [5.74, 6) is 0. The number of aromatic nitrogens is 4. The second kappa shape index (κ2) is 10.9. The van der Waals surface area contributed by atoms with Crippen LogP contribution in [-0.4, -0.2) is 25.0 Å². The van der Waals surface area contributed by atoms with E-state index in [0.29, 0.717) is 0 Å². The third kappa shape index (κ3) is 5.54. The number of nitrogens with zero attached hydrogens (tertiary/aromatic N) is 5. The van der Waals surface area contributed by atoms with Crippen molar-refractivity contribution >= 4 is 43.6 Å². The Hall–Kier alpha value is -4.20. The molecule has 0 amide bonds. The smallest absolute Gasteiger partial charge is 0.356 e. The fraction of sp³-hybridized carbons (Fsp3) is 0. The summed E-state index contributed by atoms with van der Waals surface area (Å²) in [6.45, 7) is 0. The first-order chi connectivity index (χ1) is 15.6. The summed E-state index contributed by atoms with van der Waals surface area (Å²) in [4.78, 5) is 25.6. The molecule has 0 atom stereocenters.